The van der Waals surface area contributed by atoms with Crippen LogP contribution in [0.15, 0.2) is 24.3 Å². The highest BCUT2D eigenvalue weighted by Crippen LogP contribution is 2.28. The maximum atomic E-state index is 6.35. The summed E-state index contributed by atoms with van der Waals surface area (Å²) in [5.74, 6) is 0.888. The molecule has 4 heteroatoms. The third-order valence-electron chi connectivity index (χ3n) is 3.75. The van der Waals surface area contributed by atoms with Gasteiger partial charge in [0.15, 0.2) is 0 Å². The van der Waals surface area contributed by atoms with Gasteiger partial charge in [0.25, 0.3) is 0 Å². The van der Waals surface area contributed by atoms with Crippen LogP contribution in [0.5, 0.6) is 5.75 Å². The second-order valence-corrected chi connectivity index (χ2v) is 4.94. The SMILES string of the molecule is CCC(N)C(c1cccc(OC)c1)N1CCOCC1. The maximum absolute atomic E-state index is 6.35. The van der Waals surface area contributed by atoms with Crippen LogP contribution in [-0.2, 0) is 4.74 Å². The molecule has 2 rings (SSSR count). The van der Waals surface area contributed by atoms with Crippen LogP contribution in [0.4, 0.5) is 0 Å². The second kappa shape index (κ2) is 6.89. The highest BCUT2D eigenvalue weighted by atomic mass is 16.5. The van der Waals surface area contributed by atoms with Crippen LogP contribution >= 0.6 is 0 Å². The molecule has 2 N–H and O–H groups in total. The molecular weight excluding hydrogens is 240 g/mol. The van der Waals surface area contributed by atoms with Gasteiger partial charge in [-0.15, -0.1) is 0 Å². The van der Waals surface area contributed by atoms with Crippen LogP contribution in [0.1, 0.15) is 24.9 Å². The van der Waals surface area contributed by atoms with Crippen molar-refractivity contribution in [2.24, 2.45) is 5.73 Å². The van der Waals surface area contributed by atoms with Crippen molar-refractivity contribution in [3.63, 3.8) is 0 Å². The molecule has 1 aliphatic rings. The first kappa shape index (κ1) is 14.3. The minimum absolute atomic E-state index is 0.130. The Morgan fingerprint density at radius 3 is 2.74 bits per heavy atom. The fourth-order valence-electron chi connectivity index (χ4n) is 2.63. The van der Waals surface area contributed by atoms with E-state index < -0.39 is 0 Å². The lowest BCUT2D eigenvalue weighted by atomic mass is 9.95. The van der Waals surface area contributed by atoms with E-state index in [9.17, 15) is 0 Å². The van der Waals surface area contributed by atoms with Gasteiger partial charge in [0.2, 0.25) is 0 Å². The second-order valence-electron chi connectivity index (χ2n) is 4.94. The van der Waals surface area contributed by atoms with Crippen molar-refractivity contribution in [3.8, 4) is 5.75 Å². The summed E-state index contributed by atoms with van der Waals surface area (Å²) in [5, 5.41) is 0. The third-order valence-corrected chi connectivity index (χ3v) is 3.75. The molecule has 0 aromatic heterocycles. The highest BCUT2D eigenvalue weighted by molar-refractivity contribution is 5.31. The van der Waals surface area contributed by atoms with E-state index in [1.165, 1.54) is 5.56 Å². The Hall–Kier alpha value is -1.10. The Bertz CT molecular complexity index is 391. The van der Waals surface area contributed by atoms with E-state index in [0.717, 1.165) is 38.5 Å². The van der Waals surface area contributed by atoms with Crippen molar-refractivity contribution < 1.29 is 9.47 Å². The summed E-state index contributed by atoms with van der Waals surface area (Å²) in [4.78, 5) is 2.42. The lowest BCUT2D eigenvalue weighted by molar-refractivity contribution is 0.0100. The molecule has 1 aromatic rings. The average Bonchev–Trinajstić information content (AvgIpc) is 2.48. The molecule has 0 bridgehead atoms. The molecule has 1 aliphatic heterocycles. The molecule has 1 heterocycles. The molecule has 0 radical (unpaired) electrons. The number of hydrogen-bond donors (Lipinski definition) is 1. The number of nitrogens with zero attached hydrogens (tertiary/aromatic N) is 1. The van der Waals surface area contributed by atoms with Crippen molar-refractivity contribution in [3.05, 3.63) is 29.8 Å². The topological polar surface area (TPSA) is 47.7 Å². The van der Waals surface area contributed by atoms with E-state index >= 15 is 0 Å². The fraction of sp³-hybridized carbons (Fsp3) is 0.600. The molecule has 2 unspecified atom stereocenters. The van der Waals surface area contributed by atoms with Gasteiger partial charge in [-0.1, -0.05) is 19.1 Å². The van der Waals surface area contributed by atoms with Crippen LogP contribution in [-0.4, -0.2) is 44.4 Å². The van der Waals surface area contributed by atoms with Crippen molar-refractivity contribution in [1.82, 2.24) is 4.90 Å². The lowest BCUT2D eigenvalue weighted by Gasteiger charge is -2.38. The zero-order valence-corrected chi connectivity index (χ0v) is 11.8. The number of benzene rings is 1. The molecule has 19 heavy (non-hydrogen) atoms. The molecule has 1 saturated heterocycles. The molecule has 2 atom stereocenters. The molecule has 1 aromatic carbocycles. The Morgan fingerprint density at radius 1 is 1.37 bits per heavy atom. The summed E-state index contributed by atoms with van der Waals surface area (Å²) in [6.45, 7) is 5.59. The minimum atomic E-state index is 0.130. The first-order valence-electron chi connectivity index (χ1n) is 6.97. The van der Waals surface area contributed by atoms with Gasteiger partial charge >= 0.3 is 0 Å². The monoisotopic (exact) mass is 264 g/mol. The quantitative estimate of drug-likeness (QED) is 0.881. The standard InChI is InChI=1S/C15H24N2O2/c1-3-14(16)15(17-7-9-19-10-8-17)12-5-4-6-13(11-12)18-2/h4-6,11,14-15H,3,7-10,16H2,1-2H3. The smallest absolute Gasteiger partial charge is 0.119 e. The first-order chi connectivity index (χ1) is 9.26. The molecule has 0 aliphatic carbocycles. The number of morpholine rings is 1. The summed E-state index contributed by atoms with van der Waals surface area (Å²) in [6.07, 6.45) is 0.958. The number of rotatable bonds is 5. The van der Waals surface area contributed by atoms with Crippen molar-refractivity contribution in [2.45, 2.75) is 25.4 Å². The Kier molecular flexibility index (Phi) is 5.19. The van der Waals surface area contributed by atoms with E-state index in [1.54, 1.807) is 7.11 Å². The first-order valence-corrected chi connectivity index (χ1v) is 6.97. The van der Waals surface area contributed by atoms with E-state index in [1.807, 2.05) is 12.1 Å². The molecule has 0 spiro atoms. The van der Waals surface area contributed by atoms with E-state index in [-0.39, 0.29) is 12.1 Å². The van der Waals surface area contributed by atoms with Crippen LogP contribution in [0.2, 0.25) is 0 Å². The van der Waals surface area contributed by atoms with Gasteiger partial charge in [-0.3, -0.25) is 4.90 Å². The Labute approximate surface area is 115 Å². The molecular formula is C15H24N2O2. The van der Waals surface area contributed by atoms with E-state index in [2.05, 4.69) is 24.0 Å². The average molecular weight is 264 g/mol. The van der Waals surface area contributed by atoms with Crippen molar-refractivity contribution in [2.75, 3.05) is 33.4 Å². The van der Waals surface area contributed by atoms with E-state index in [0.29, 0.717) is 0 Å². The number of methoxy groups -OCH3 is 1. The summed E-state index contributed by atoms with van der Waals surface area (Å²) in [6, 6.07) is 8.60. The minimum Gasteiger partial charge on any atom is -0.497 e. The van der Waals surface area contributed by atoms with Gasteiger partial charge in [-0.05, 0) is 24.1 Å². The number of nitrogens with two attached hydrogens (primary N) is 1. The highest BCUT2D eigenvalue weighted by Gasteiger charge is 2.27. The Balaban J connectivity index is 2.24. The summed E-state index contributed by atoms with van der Waals surface area (Å²) in [7, 11) is 1.70. The molecule has 0 saturated carbocycles. The largest absolute Gasteiger partial charge is 0.497 e. The zero-order valence-electron chi connectivity index (χ0n) is 11.8. The van der Waals surface area contributed by atoms with Crippen molar-refractivity contribution >= 4 is 0 Å². The van der Waals surface area contributed by atoms with Crippen LogP contribution in [0, 0.1) is 0 Å². The van der Waals surface area contributed by atoms with Gasteiger partial charge in [0.05, 0.1) is 26.4 Å². The molecule has 0 amide bonds. The lowest BCUT2D eigenvalue weighted by Crippen LogP contribution is -2.46. The van der Waals surface area contributed by atoms with Gasteiger partial charge in [-0.2, -0.15) is 0 Å². The Morgan fingerprint density at radius 2 is 2.11 bits per heavy atom. The van der Waals surface area contributed by atoms with Crippen LogP contribution < -0.4 is 10.5 Å². The number of ether oxygens (including phenoxy) is 2. The number of hydrogen-bond acceptors (Lipinski definition) is 4. The van der Waals surface area contributed by atoms with Gasteiger partial charge in [0.1, 0.15) is 5.75 Å². The third kappa shape index (κ3) is 3.47. The van der Waals surface area contributed by atoms with Crippen LogP contribution in [0.25, 0.3) is 0 Å². The molecule has 1 fully saturated rings. The van der Waals surface area contributed by atoms with Gasteiger partial charge in [0, 0.05) is 19.1 Å². The normalized spacial score (nSPS) is 19.9. The predicted octanol–water partition coefficient (Wildman–Crippen LogP) is 1.81. The zero-order chi connectivity index (χ0) is 13.7. The van der Waals surface area contributed by atoms with Gasteiger partial charge < -0.3 is 15.2 Å². The maximum Gasteiger partial charge on any atom is 0.119 e. The van der Waals surface area contributed by atoms with Crippen LogP contribution in [0.3, 0.4) is 0 Å². The summed E-state index contributed by atoms with van der Waals surface area (Å²) < 4.78 is 10.8. The molecule has 106 valence electrons. The van der Waals surface area contributed by atoms with Crippen molar-refractivity contribution in [1.29, 1.82) is 0 Å². The fourth-order valence-corrected chi connectivity index (χ4v) is 2.63. The molecule has 4 nitrogen and oxygen atoms in total. The predicted molar refractivity (Wildman–Crippen MR) is 76.4 cm³/mol. The van der Waals surface area contributed by atoms with Gasteiger partial charge in [-0.25, -0.2) is 0 Å². The summed E-state index contributed by atoms with van der Waals surface area (Å²) >= 11 is 0. The summed E-state index contributed by atoms with van der Waals surface area (Å²) in [5.41, 5.74) is 7.58. The van der Waals surface area contributed by atoms with E-state index in [4.69, 9.17) is 15.2 Å².